The fourth-order valence-corrected chi connectivity index (χ4v) is 1.60. The molecule has 0 saturated heterocycles. The van der Waals surface area contributed by atoms with Crippen LogP contribution in [0.3, 0.4) is 0 Å². The van der Waals surface area contributed by atoms with Crippen molar-refractivity contribution in [2.24, 2.45) is 0 Å². The highest BCUT2D eigenvalue weighted by atomic mass is 15.1. The van der Waals surface area contributed by atoms with E-state index in [1.54, 1.807) is 18.3 Å². The first-order valence-electron chi connectivity index (χ1n) is 5.53. The Hall–Kier alpha value is -2.61. The predicted molar refractivity (Wildman–Crippen MR) is 69.6 cm³/mol. The van der Waals surface area contributed by atoms with Gasteiger partial charge in [-0.15, -0.1) is 0 Å². The topological polar surface area (TPSA) is 87.6 Å². The molecule has 1 aromatic carbocycles. The summed E-state index contributed by atoms with van der Waals surface area (Å²) < 4.78 is 0. The number of nitriles is 1. The molecule has 0 fully saturated rings. The van der Waals surface area contributed by atoms with E-state index in [0.29, 0.717) is 17.2 Å². The summed E-state index contributed by atoms with van der Waals surface area (Å²) in [7, 11) is 0. The lowest BCUT2D eigenvalue weighted by Crippen LogP contribution is -2.09. The number of nitrogens with two attached hydrogens (primary N) is 1. The average molecular weight is 239 g/mol. The minimum absolute atomic E-state index is 0.0637. The highest BCUT2D eigenvalue weighted by molar-refractivity contribution is 5.41. The van der Waals surface area contributed by atoms with Gasteiger partial charge in [0.1, 0.15) is 11.6 Å². The van der Waals surface area contributed by atoms with Crippen LogP contribution < -0.4 is 11.1 Å². The Bertz CT molecular complexity index is 571. The summed E-state index contributed by atoms with van der Waals surface area (Å²) in [6.07, 6.45) is 3.12. The maximum atomic E-state index is 8.74. The molecular formula is C13H13N5. The second-order valence-electron chi connectivity index (χ2n) is 3.93. The Morgan fingerprint density at radius 2 is 2.00 bits per heavy atom. The van der Waals surface area contributed by atoms with Gasteiger partial charge in [0, 0.05) is 6.04 Å². The van der Waals surface area contributed by atoms with Gasteiger partial charge in [-0.05, 0) is 24.6 Å². The van der Waals surface area contributed by atoms with E-state index >= 15 is 0 Å². The summed E-state index contributed by atoms with van der Waals surface area (Å²) in [4.78, 5) is 8.09. The van der Waals surface area contributed by atoms with Crippen LogP contribution in [0.15, 0.2) is 36.7 Å². The van der Waals surface area contributed by atoms with E-state index in [2.05, 4.69) is 21.4 Å². The van der Waals surface area contributed by atoms with Crippen LogP contribution in [-0.4, -0.2) is 9.97 Å². The van der Waals surface area contributed by atoms with Gasteiger partial charge in [0.25, 0.3) is 0 Å². The summed E-state index contributed by atoms with van der Waals surface area (Å²) in [5.41, 5.74) is 7.28. The highest BCUT2D eigenvalue weighted by Crippen LogP contribution is 2.18. The summed E-state index contributed by atoms with van der Waals surface area (Å²) in [6.45, 7) is 2.01. The molecule has 0 aliphatic rings. The molecule has 0 spiro atoms. The summed E-state index contributed by atoms with van der Waals surface area (Å²) >= 11 is 0. The second-order valence-corrected chi connectivity index (χ2v) is 3.93. The fourth-order valence-electron chi connectivity index (χ4n) is 1.60. The predicted octanol–water partition coefficient (Wildman–Crippen LogP) is 2.10. The Kier molecular flexibility index (Phi) is 3.39. The number of nitrogens with zero attached hydrogens (tertiary/aromatic N) is 3. The Morgan fingerprint density at radius 1 is 1.28 bits per heavy atom. The summed E-state index contributed by atoms with van der Waals surface area (Å²) in [5.74, 6) is 1.01. The summed E-state index contributed by atoms with van der Waals surface area (Å²) in [5, 5.41) is 11.9. The molecule has 18 heavy (non-hydrogen) atoms. The third-order valence-corrected chi connectivity index (χ3v) is 2.56. The van der Waals surface area contributed by atoms with Crippen LogP contribution in [-0.2, 0) is 0 Å². The van der Waals surface area contributed by atoms with Gasteiger partial charge >= 0.3 is 0 Å². The maximum Gasteiger partial charge on any atom is 0.147 e. The monoisotopic (exact) mass is 239 g/mol. The Morgan fingerprint density at radius 3 is 2.61 bits per heavy atom. The Labute approximate surface area is 105 Å². The van der Waals surface area contributed by atoms with Gasteiger partial charge in [0.15, 0.2) is 0 Å². The van der Waals surface area contributed by atoms with Crippen LogP contribution in [0.2, 0.25) is 0 Å². The van der Waals surface area contributed by atoms with Crippen molar-refractivity contribution in [2.75, 3.05) is 11.1 Å². The standard InChI is InChI=1S/C13H13N5/c1-9(11-4-2-10(6-14)3-5-11)17-13-8-16-7-12(15)18-13/h2-5,7-9H,1H3,(H3,15,17,18). The highest BCUT2D eigenvalue weighted by Gasteiger charge is 2.06. The van der Waals surface area contributed by atoms with Crippen LogP contribution in [0.5, 0.6) is 0 Å². The van der Waals surface area contributed by atoms with E-state index in [0.717, 1.165) is 5.56 Å². The van der Waals surface area contributed by atoms with Gasteiger partial charge in [-0.1, -0.05) is 12.1 Å². The lowest BCUT2D eigenvalue weighted by Gasteiger charge is -2.14. The van der Waals surface area contributed by atoms with Crippen molar-refractivity contribution in [2.45, 2.75) is 13.0 Å². The number of hydrogen-bond acceptors (Lipinski definition) is 5. The van der Waals surface area contributed by atoms with E-state index in [1.165, 1.54) is 6.20 Å². The lowest BCUT2D eigenvalue weighted by atomic mass is 10.1. The minimum Gasteiger partial charge on any atom is -0.382 e. The van der Waals surface area contributed by atoms with Gasteiger partial charge in [-0.3, -0.25) is 4.98 Å². The molecule has 0 bridgehead atoms. The van der Waals surface area contributed by atoms with E-state index in [4.69, 9.17) is 11.0 Å². The molecule has 2 rings (SSSR count). The van der Waals surface area contributed by atoms with Gasteiger partial charge in [0.2, 0.25) is 0 Å². The van der Waals surface area contributed by atoms with E-state index in [9.17, 15) is 0 Å². The molecule has 0 aliphatic heterocycles. The summed E-state index contributed by atoms with van der Waals surface area (Å²) in [6, 6.07) is 9.56. The molecule has 5 heteroatoms. The number of rotatable bonds is 3. The number of nitrogens with one attached hydrogen (secondary N) is 1. The molecule has 0 radical (unpaired) electrons. The van der Waals surface area contributed by atoms with Crippen molar-refractivity contribution in [1.29, 1.82) is 5.26 Å². The molecular weight excluding hydrogens is 226 g/mol. The fraction of sp³-hybridized carbons (Fsp3) is 0.154. The van der Waals surface area contributed by atoms with Gasteiger partial charge in [0.05, 0.1) is 24.0 Å². The van der Waals surface area contributed by atoms with Crippen molar-refractivity contribution in [3.05, 3.63) is 47.8 Å². The number of anilines is 2. The number of aromatic nitrogens is 2. The molecule has 1 heterocycles. The first kappa shape index (κ1) is 11.9. The molecule has 3 N–H and O–H groups in total. The van der Waals surface area contributed by atoms with Crippen LogP contribution in [0.4, 0.5) is 11.6 Å². The lowest BCUT2D eigenvalue weighted by molar-refractivity contribution is 0.872. The van der Waals surface area contributed by atoms with Crippen molar-refractivity contribution >= 4 is 11.6 Å². The molecule has 0 aliphatic carbocycles. The van der Waals surface area contributed by atoms with Crippen LogP contribution in [0.25, 0.3) is 0 Å². The molecule has 90 valence electrons. The minimum atomic E-state index is 0.0637. The Balaban J connectivity index is 2.12. The van der Waals surface area contributed by atoms with Crippen molar-refractivity contribution in [3.63, 3.8) is 0 Å². The SMILES string of the molecule is CC(Nc1cncc(N)n1)c1ccc(C#N)cc1. The van der Waals surface area contributed by atoms with E-state index < -0.39 is 0 Å². The van der Waals surface area contributed by atoms with Gasteiger partial charge in [-0.25, -0.2) is 4.98 Å². The third kappa shape index (κ3) is 2.74. The van der Waals surface area contributed by atoms with Gasteiger partial charge < -0.3 is 11.1 Å². The van der Waals surface area contributed by atoms with Crippen molar-refractivity contribution in [3.8, 4) is 6.07 Å². The molecule has 1 atom stereocenters. The second kappa shape index (κ2) is 5.15. The molecule has 1 aromatic heterocycles. The zero-order chi connectivity index (χ0) is 13.0. The van der Waals surface area contributed by atoms with Crippen molar-refractivity contribution in [1.82, 2.24) is 9.97 Å². The molecule has 5 nitrogen and oxygen atoms in total. The van der Waals surface area contributed by atoms with Gasteiger partial charge in [-0.2, -0.15) is 5.26 Å². The normalized spacial score (nSPS) is 11.6. The van der Waals surface area contributed by atoms with Crippen LogP contribution in [0.1, 0.15) is 24.1 Å². The van der Waals surface area contributed by atoms with E-state index in [-0.39, 0.29) is 6.04 Å². The molecule has 0 saturated carbocycles. The molecule has 0 amide bonds. The third-order valence-electron chi connectivity index (χ3n) is 2.56. The number of benzene rings is 1. The molecule has 1 unspecified atom stereocenters. The van der Waals surface area contributed by atoms with Crippen LogP contribution >= 0.6 is 0 Å². The number of hydrogen-bond donors (Lipinski definition) is 2. The number of nitrogen functional groups attached to an aromatic ring is 1. The quantitative estimate of drug-likeness (QED) is 0.856. The van der Waals surface area contributed by atoms with Crippen LogP contribution in [0, 0.1) is 11.3 Å². The average Bonchev–Trinajstić information content (AvgIpc) is 2.39. The van der Waals surface area contributed by atoms with E-state index in [1.807, 2.05) is 19.1 Å². The first-order chi connectivity index (χ1) is 8.69. The zero-order valence-corrected chi connectivity index (χ0v) is 9.96. The zero-order valence-electron chi connectivity index (χ0n) is 9.96. The van der Waals surface area contributed by atoms with Crippen molar-refractivity contribution < 1.29 is 0 Å². The largest absolute Gasteiger partial charge is 0.382 e. The maximum absolute atomic E-state index is 8.74. The first-order valence-corrected chi connectivity index (χ1v) is 5.53. The molecule has 2 aromatic rings. The smallest absolute Gasteiger partial charge is 0.147 e.